The first-order valence-electron chi connectivity index (χ1n) is 1.56. The SMILES string of the molecule is N=C(N)N=P(O)(O)O. The summed E-state index contributed by atoms with van der Waals surface area (Å²) in [6.45, 7) is 0. The average Bonchev–Trinajstić information content (AvgIpc) is 1.21. The first-order chi connectivity index (χ1) is 3.42. The third kappa shape index (κ3) is 5.58. The maximum absolute atomic E-state index is 8.02. The van der Waals surface area contributed by atoms with Crippen molar-refractivity contribution in [2.45, 2.75) is 0 Å². The van der Waals surface area contributed by atoms with Crippen LogP contribution in [-0.4, -0.2) is 20.6 Å². The molecule has 0 saturated carbocycles. The number of nitrogens with one attached hydrogen (secondary N) is 1. The van der Waals surface area contributed by atoms with Gasteiger partial charge >= 0.3 is 7.74 Å². The molecule has 0 saturated heterocycles. The second-order valence-electron chi connectivity index (χ2n) is 1.02. The Morgan fingerprint density at radius 3 is 1.88 bits per heavy atom. The summed E-state index contributed by atoms with van der Waals surface area (Å²) in [5, 5.41) is 6.31. The fourth-order valence-electron chi connectivity index (χ4n) is 0.145. The Balaban J connectivity index is 4.17. The summed E-state index contributed by atoms with van der Waals surface area (Å²) in [5.74, 6) is -0.800. The van der Waals surface area contributed by atoms with Crippen molar-refractivity contribution in [2.24, 2.45) is 10.5 Å². The minimum Gasteiger partial charge on any atom is -0.368 e. The Labute approximate surface area is 45.4 Å². The number of rotatable bonds is 0. The molecule has 0 aliphatic carbocycles. The van der Waals surface area contributed by atoms with Crippen molar-refractivity contribution in [3.8, 4) is 0 Å². The van der Waals surface area contributed by atoms with E-state index in [1.54, 1.807) is 0 Å². The molecule has 0 unspecified atom stereocenters. The molecule has 0 aliphatic rings. The highest BCUT2D eigenvalue weighted by atomic mass is 31.2. The van der Waals surface area contributed by atoms with Crippen LogP contribution in [0.5, 0.6) is 0 Å². The van der Waals surface area contributed by atoms with Gasteiger partial charge in [0.15, 0.2) is 0 Å². The molecule has 0 aromatic heterocycles. The van der Waals surface area contributed by atoms with Gasteiger partial charge in [-0.05, 0) is 0 Å². The summed E-state index contributed by atoms with van der Waals surface area (Å²) in [4.78, 5) is 24.1. The van der Waals surface area contributed by atoms with Crippen molar-refractivity contribution in [1.29, 1.82) is 5.41 Å². The first-order valence-corrected chi connectivity index (χ1v) is 3.16. The zero-order valence-corrected chi connectivity index (χ0v) is 4.71. The third-order valence-electron chi connectivity index (χ3n) is 0.242. The minimum atomic E-state index is -4.20. The maximum atomic E-state index is 8.02. The second kappa shape index (κ2) is 2.23. The fraction of sp³-hybridized carbons (Fsp3) is 0. The van der Waals surface area contributed by atoms with E-state index >= 15 is 0 Å². The molecule has 0 bridgehead atoms. The minimum absolute atomic E-state index is 0.800. The lowest BCUT2D eigenvalue weighted by Crippen LogP contribution is -2.04. The van der Waals surface area contributed by atoms with Gasteiger partial charge in [0, 0.05) is 0 Å². The van der Waals surface area contributed by atoms with Crippen molar-refractivity contribution in [1.82, 2.24) is 0 Å². The highest BCUT2D eigenvalue weighted by Crippen LogP contribution is 2.32. The quantitative estimate of drug-likeness (QED) is 0.164. The van der Waals surface area contributed by atoms with Crippen LogP contribution in [0.2, 0.25) is 0 Å². The van der Waals surface area contributed by atoms with Gasteiger partial charge < -0.3 is 20.4 Å². The molecule has 6 nitrogen and oxygen atoms in total. The lowest BCUT2D eigenvalue weighted by molar-refractivity contribution is 0.350. The van der Waals surface area contributed by atoms with Crippen LogP contribution in [0.1, 0.15) is 0 Å². The van der Waals surface area contributed by atoms with E-state index in [1.807, 2.05) is 0 Å². The number of hydrogen-bond acceptors (Lipinski definition) is 1. The standard InChI is InChI=1S/CH6N3O3P/c2-1(3)4-8(5,6)7/h5-7H,(H3,2,3). The highest BCUT2D eigenvalue weighted by Gasteiger charge is 2.02. The molecule has 0 atom stereocenters. The molecule has 0 fully saturated rings. The monoisotopic (exact) mass is 139 g/mol. The van der Waals surface area contributed by atoms with Crippen LogP contribution in [-0.2, 0) is 0 Å². The summed E-state index contributed by atoms with van der Waals surface area (Å²) in [6.07, 6.45) is 0. The molecule has 0 spiro atoms. The van der Waals surface area contributed by atoms with Crippen LogP contribution in [0.4, 0.5) is 0 Å². The van der Waals surface area contributed by atoms with E-state index in [4.69, 9.17) is 20.1 Å². The molecule has 0 aliphatic heterocycles. The van der Waals surface area contributed by atoms with Crippen LogP contribution in [0.15, 0.2) is 4.74 Å². The predicted octanol–water partition coefficient (Wildman–Crippen LogP) is -1.20. The Hall–Kier alpha value is -0.420. The van der Waals surface area contributed by atoms with E-state index in [-0.39, 0.29) is 0 Å². The van der Waals surface area contributed by atoms with Gasteiger partial charge in [-0.2, -0.15) is 4.74 Å². The third-order valence-corrected chi connectivity index (χ3v) is 0.726. The van der Waals surface area contributed by atoms with E-state index in [9.17, 15) is 0 Å². The molecule has 6 N–H and O–H groups in total. The Kier molecular flexibility index (Phi) is 2.12. The van der Waals surface area contributed by atoms with Crippen molar-refractivity contribution in [2.75, 3.05) is 0 Å². The predicted molar refractivity (Wildman–Crippen MR) is 27.9 cm³/mol. The lowest BCUT2D eigenvalue weighted by Gasteiger charge is -1.96. The molecule has 0 aromatic carbocycles. The normalized spacial score (nSPS) is 10.9. The van der Waals surface area contributed by atoms with Crippen LogP contribution in [0, 0.1) is 5.41 Å². The molecular weight excluding hydrogens is 133 g/mol. The number of guanidine groups is 1. The van der Waals surface area contributed by atoms with E-state index in [0.29, 0.717) is 0 Å². The summed E-state index contributed by atoms with van der Waals surface area (Å²) in [7, 11) is -4.20. The molecule has 0 radical (unpaired) electrons. The molecular formula is CH6N3O3P. The molecule has 0 heterocycles. The van der Waals surface area contributed by atoms with Gasteiger partial charge in [-0.25, -0.2) is 0 Å². The molecule has 0 rings (SSSR count). The van der Waals surface area contributed by atoms with Crippen molar-refractivity contribution >= 4 is 13.7 Å². The maximum Gasteiger partial charge on any atom is 0.355 e. The number of nitrogens with two attached hydrogens (primary N) is 1. The van der Waals surface area contributed by atoms with Crippen LogP contribution < -0.4 is 5.73 Å². The van der Waals surface area contributed by atoms with Gasteiger partial charge in [0.05, 0.1) is 0 Å². The smallest absolute Gasteiger partial charge is 0.355 e. The van der Waals surface area contributed by atoms with Gasteiger partial charge in [0.2, 0.25) is 5.96 Å². The summed E-state index contributed by atoms with van der Waals surface area (Å²) < 4.78 is 2.55. The van der Waals surface area contributed by atoms with Crippen LogP contribution in [0.25, 0.3) is 0 Å². The van der Waals surface area contributed by atoms with Crippen molar-refractivity contribution < 1.29 is 14.7 Å². The molecule has 48 valence electrons. The average molecular weight is 139 g/mol. The Bertz CT molecular complexity index is 138. The number of hydrogen-bond donors (Lipinski definition) is 5. The zero-order valence-electron chi connectivity index (χ0n) is 3.81. The van der Waals surface area contributed by atoms with Gasteiger partial charge in [0.1, 0.15) is 0 Å². The van der Waals surface area contributed by atoms with Gasteiger partial charge in [-0.1, -0.05) is 0 Å². The number of nitrogens with zero attached hydrogens (tertiary/aromatic N) is 1. The van der Waals surface area contributed by atoms with E-state index in [2.05, 4.69) is 10.5 Å². The van der Waals surface area contributed by atoms with Gasteiger partial charge in [-0.15, -0.1) is 0 Å². The Morgan fingerprint density at radius 2 is 1.88 bits per heavy atom. The molecule has 0 amide bonds. The summed E-state index contributed by atoms with van der Waals surface area (Å²) in [6, 6.07) is 0. The molecule has 8 heavy (non-hydrogen) atoms. The highest BCUT2D eigenvalue weighted by molar-refractivity contribution is 7.48. The van der Waals surface area contributed by atoms with Crippen LogP contribution >= 0.6 is 7.74 Å². The second-order valence-corrected chi connectivity index (χ2v) is 2.30. The van der Waals surface area contributed by atoms with Gasteiger partial charge in [0.25, 0.3) is 0 Å². The van der Waals surface area contributed by atoms with Crippen molar-refractivity contribution in [3.63, 3.8) is 0 Å². The fourth-order valence-corrected chi connectivity index (χ4v) is 0.434. The zero-order chi connectivity index (χ0) is 6.78. The van der Waals surface area contributed by atoms with Crippen LogP contribution in [0.3, 0.4) is 0 Å². The summed E-state index contributed by atoms with van der Waals surface area (Å²) >= 11 is 0. The topological polar surface area (TPSA) is 123 Å². The van der Waals surface area contributed by atoms with E-state index < -0.39 is 13.7 Å². The summed E-state index contributed by atoms with van der Waals surface area (Å²) in [5.41, 5.74) is 4.54. The largest absolute Gasteiger partial charge is 0.368 e. The molecule has 0 aromatic rings. The van der Waals surface area contributed by atoms with E-state index in [1.165, 1.54) is 0 Å². The molecule has 7 heteroatoms. The van der Waals surface area contributed by atoms with Crippen molar-refractivity contribution in [3.05, 3.63) is 0 Å². The van der Waals surface area contributed by atoms with Gasteiger partial charge in [-0.3, -0.25) is 5.41 Å². The lowest BCUT2D eigenvalue weighted by atomic mass is 11.1. The first kappa shape index (κ1) is 7.58. The Morgan fingerprint density at radius 1 is 1.50 bits per heavy atom. The van der Waals surface area contributed by atoms with E-state index in [0.717, 1.165) is 0 Å².